The van der Waals surface area contributed by atoms with Crippen LogP contribution in [0.1, 0.15) is 45.4 Å². The van der Waals surface area contributed by atoms with Crippen molar-refractivity contribution in [1.82, 2.24) is 10.2 Å². The van der Waals surface area contributed by atoms with E-state index in [0.29, 0.717) is 12.1 Å². The van der Waals surface area contributed by atoms with Crippen LogP contribution in [0.4, 0.5) is 0 Å². The highest BCUT2D eigenvalue weighted by molar-refractivity contribution is 4.88. The molecule has 3 nitrogen and oxygen atoms in total. The van der Waals surface area contributed by atoms with Crippen LogP contribution in [0.5, 0.6) is 0 Å². The van der Waals surface area contributed by atoms with Crippen molar-refractivity contribution in [2.45, 2.75) is 63.6 Å². The largest absolute Gasteiger partial charge is 0.377 e. The molecule has 0 aromatic heterocycles. The average Bonchev–Trinajstić information content (AvgIpc) is 2.89. The second-order valence-corrected chi connectivity index (χ2v) is 5.47. The molecular weight excluding hydrogens is 212 g/mol. The summed E-state index contributed by atoms with van der Waals surface area (Å²) in [7, 11) is 2.11. The first-order valence-corrected chi connectivity index (χ1v) is 7.38. The minimum absolute atomic E-state index is 0.495. The molecule has 2 fully saturated rings. The molecule has 100 valence electrons. The number of nitrogens with one attached hydrogen (secondary N) is 1. The summed E-state index contributed by atoms with van der Waals surface area (Å²) in [5, 5.41) is 3.51. The minimum Gasteiger partial charge on any atom is -0.377 e. The number of likely N-dealkylation sites (N-methyl/N-ethyl adjacent to an activating group) is 2. The lowest BCUT2D eigenvalue weighted by Crippen LogP contribution is -2.52. The number of nitrogens with zero attached hydrogens (tertiary/aromatic N) is 1. The third-order valence-corrected chi connectivity index (χ3v) is 4.44. The Balaban J connectivity index is 1.90. The molecule has 3 heteroatoms. The van der Waals surface area contributed by atoms with Crippen LogP contribution in [-0.4, -0.2) is 49.8 Å². The van der Waals surface area contributed by atoms with Gasteiger partial charge < -0.3 is 10.1 Å². The summed E-state index contributed by atoms with van der Waals surface area (Å²) in [6.07, 6.45) is 8.48. The minimum atomic E-state index is 0.495. The highest BCUT2D eigenvalue weighted by atomic mass is 16.5. The lowest BCUT2D eigenvalue weighted by molar-refractivity contribution is 0.0426. The molecule has 0 aromatic carbocycles. The van der Waals surface area contributed by atoms with E-state index in [-0.39, 0.29) is 0 Å². The van der Waals surface area contributed by atoms with Gasteiger partial charge in [-0.2, -0.15) is 0 Å². The summed E-state index contributed by atoms with van der Waals surface area (Å²) in [4.78, 5) is 2.65. The summed E-state index contributed by atoms with van der Waals surface area (Å²) < 4.78 is 5.78. The molecule has 0 bridgehead atoms. The molecule has 0 aromatic rings. The zero-order chi connectivity index (χ0) is 12.1. The van der Waals surface area contributed by atoms with Gasteiger partial charge >= 0.3 is 0 Å². The maximum Gasteiger partial charge on any atom is 0.0702 e. The number of ether oxygens (including phenoxy) is 1. The number of hydrogen-bond acceptors (Lipinski definition) is 3. The maximum absolute atomic E-state index is 5.78. The first-order valence-electron chi connectivity index (χ1n) is 7.38. The van der Waals surface area contributed by atoms with Gasteiger partial charge in [0.25, 0.3) is 0 Å². The molecule has 1 aliphatic heterocycles. The molecule has 1 saturated heterocycles. The van der Waals surface area contributed by atoms with Gasteiger partial charge in [-0.1, -0.05) is 19.8 Å². The summed E-state index contributed by atoms with van der Waals surface area (Å²) in [5.74, 6) is 0. The molecule has 0 radical (unpaired) electrons. The van der Waals surface area contributed by atoms with Gasteiger partial charge in [0.15, 0.2) is 0 Å². The Morgan fingerprint density at radius 1 is 1.18 bits per heavy atom. The van der Waals surface area contributed by atoms with Gasteiger partial charge in [0, 0.05) is 25.2 Å². The normalized spacial score (nSPS) is 34.4. The Morgan fingerprint density at radius 3 is 2.65 bits per heavy atom. The first-order chi connectivity index (χ1) is 8.35. The van der Waals surface area contributed by atoms with Crippen molar-refractivity contribution in [2.75, 3.05) is 26.7 Å². The second-order valence-electron chi connectivity index (χ2n) is 5.47. The number of rotatable bonds is 5. The molecule has 3 atom stereocenters. The smallest absolute Gasteiger partial charge is 0.0702 e. The Morgan fingerprint density at radius 2 is 2.00 bits per heavy atom. The van der Waals surface area contributed by atoms with E-state index in [4.69, 9.17) is 4.74 Å². The van der Waals surface area contributed by atoms with E-state index >= 15 is 0 Å². The third kappa shape index (κ3) is 3.43. The van der Waals surface area contributed by atoms with Crippen molar-refractivity contribution in [3.05, 3.63) is 0 Å². The first kappa shape index (κ1) is 13.3. The fourth-order valence-electron chi connectivity index (χ4n) is 3.43. The van der Waals surface area contributed by atoms with E-state index in [9.17, 15) is 0 Å². The molecule has 2 aliphatic rings. The van der Waals surface area contributed by atoms with Crippen LogP contribution in [0, 0.1) is 0 Å². The van der Waals surface area contributed by atoms with Crippen LogP contribution in [0.25, 0.3) is 0 Å². The van der Waals surface area contributed by atoms with E-state index in [2.05, 4.69) is 24.2 Å². The van der Waals surface area contributed by atoms with Crippen molar-refractivity contribution in [3.8, 4) is 0 Å². The quantitative estimate of drug-likeness (QED) is 0.795. The average molecular weight is 240 g/mol. The Bertz CT molecular complexity index is 216. The summed E-state index contributed by atoms with van der Waals surface area (Å²) in [5.41, 5.74) is 0. The zero-order valence-electron chi connectivity index (χ0n) is 11.5. The van der Waals surface area contributed by atoms with Crippen molar-refractivity contribution in [3.63, 3.8) is 0 Å². The lowest BCUT2D eigenvalue weighted by Gasteiger charge is -2.40. The highest BCUT2D eigenvalue weighted by Crippen LogP contribution is 2.24. The van der Waals surface area contributed by atoms with E-state index < -0.39 is 0 Å². The van der Waals surface area contributed by atoms with Crippen molar-refractivity contribution >= 4 is 0 Å². The fraction of sp³-hybridized carbons (Fsp3) is 1.00. The Hall–Kier alpha value is -0.120. The molecule has 3 unspecified atom stereocenters. The lowest BCUT2D eigenvalue weighted by atomic mass is 9.89. The molecule has 0 amide bonds. The zero-order valence-corrected chi connectivity index (χ0v) is 11.5. The summed E-state index contributed by atoms with van der Waals surface area (Å²) in [6, 6.07) is 1.41. The van der Waals surface area contributed by atoms with E-state index in [1.54, 1.807) is 0 Å². The molecule has 0 spiro atoms. The predicted molar refractivity (Wildman–Crippen MR) is 71.3 cm³/mol. The number of hydrogen-bond donors (Lipinski definition) is 1. The standard InChI is InChI=1S/C14H28N2O/c1-3-16(11-12-7-6-10-17-12)14-9-5-4-8-13(14)15-2/h12-15H,3-11H2,1-2H3. The maximum atomic E-state index is 5.78. The molecular formula is C14H28N2O. The summed E-state index contributed by atoms with van der Waals surface area (Å²) in [6.45, 7) is 5.56. The molecule has 1 heterocycles. The van der Waals surface area contributed by atoms with Crippen molar-refractivity contribution < 1.29 is 4.74 Å². The fourth-order valence-corrected chi connectivity index (χ4v) is 3.43. The Kier molecular flexibility index (Phi) is 5.26. The highest BCUT2D eigenvalue weighted by Gasteiger charge is 2.30. The van der Waals surface area contributed by atoms with Crippen LogP contribution in [0.3, 0.4) is 0 Å². The van der Waals surface area contributed by atoms with Gasteiger partial charge in [-0.05, 0) is 39.3 Å². The van der Waals surface area contributed by atoms with Crippen LogP contribution in [0.15, 0.2) is 0 Å². The van der Waals surface area contributed by atoms with Crippen LogP contribution < -0.4 is 5.32 Å². The topological polar surface area (TPSA) is 24.5 Å². The van der Waals surface area contributed by atoms with Crippen molar-refractivity contribution in [1.29, 1.82) is 0 Å². The molecule has 17 heavy (non-hydrogen) atoms. The van der Waals surface area contributed by atoms with Gasteiger partial charge in [0.05, 0.1) is 6.10 Å². The van der Waals surface area contributed by atoms with Gasteiger partial charge in [0.1, 0.15) is 0 Å². The van der Waals surface area contributed by atoms with Crippen LogP contribution in [-0.2, 0) is 4.74 Å². The third-order valence-electron chi connectivity index (χ3n) is 4.44. The Labute approximate surface area is 106 Å². The van der Waals surface area contributed by atoms with Crippen LogP contribution in [0.2, 0.25) is 0 Å². The summed E-state index contributed by atoms with van der Waals surface area (Å²) >= 11 is 0. The van der Waals surface area contributed by atoms with Crippen LogP contribution >= 0.6 is 0 Å². The molecule has 2 rings (SSSR count). The van der Waals surface area contributed by atoms with Gasteiger partial charge in [0.2, 0.25) is 0 Å². The van der Waals surface area contributed by atoms with Gasteiger partial charge in [-0.15, -0.1) is 0 Å². The monoisotopic (exact) mass is 240 g/mol. The van der Waals surface area contributed by atoms with Crippen molar-refractivity contribution in [2.24, 2.45) is 0 Å². The van der Waals surface area contributed by atoms with Gasteiger partial charge in [-0.25, -0.2) is 0 Å². The second kappa shape index (κ2) is 6.72. The van der Waals surface area contributed by atoms with Gasteiger partial charge in [-0.3, -0.25) is 4.90 Å². The van der Waals surface area contributed by atoms with E-state index in [1.165, 1.54) is 38.5 Å². The van der Waals surface area contributed by atoms with E-state index in [1.807, 2.05) is 0 Å². The van der Waals surface area contributed by atoms with E-state index in [0.717, 1.165) is 25.7 Å². The molecule has 1 N–H and O–H groups in total. The SMILES string of the molecule is CCN(CC1CCCO1)C1CCCCC1NC. The molecule has 1 saturated carbocycles. The molecule has 1 aliphatic carbocycles. The predicted octanol–water partition coefficient (Wildman–Crippen LogP) is 2.02.